The number of carbonyl (C=O) groups excluding carboxylic acids is 1. The second-order valence-corrected chi connectivity index (χ2v) is 7.08. The number of esters is 1. The van der Waals surface area contributed by atoms with Crippen molar-refractivity contribution in [3.63, 3.8) is 0 Å². The smallest absolute Gasteiger partial charge is 0.431 e. The predicted molar refractivity (Wildman–Crippen MR) is 101 cm³/mol. The van der Waals surface area contributed by atoms with Gasteiger partial charge < -0.3 is 4.74 Å². The Hall–Kier alpha value is -2.95. The summed E-state index contributed by atoms with van der Waals surface area (Å²) in [5, 5.41) is 0.526. The summed E-state index contributed by atoms with van der Waals surface area (Å²) in [5.74, 6) is -1.12. The van der Waals surface area contributed by atoms with E-state index >= 15 is 0 Å². The molecule has 0 aliphatic rings. The highest BCUT2D eigenvalue weighted by Gasteiger charge is 2.35. The van der Waals surface area contributed by atoms with Crippen molar-refractivity contribution in [1.82, 2.24) is 13.5 Å². The van der Waals surface area contributed by atoms with Gasteiger partial charge in [0.05, 0.1) is 23.2 Å². The fraction of sp³-hybridized carbons (Fsp3) is 0.333. The van der Waals surface area contributed by atoms with Crippen LogP contribution >= 0.6 is 11.5 Å². The van der Waals surface area contributed by atoms with Gasteiger partial charge in [0.2, 0.25) is 0 Å². The molecule has 0 radical (unpaired) electrons. The van der Waals surface area contributed by atoms with Gasteiger partial charge in [-0.05, 0) is 36.2 Å². The van der Waals surface area contributed by atoms with E-state index in [0.29, 0.717) is 37.4 Å². The van der Waals surface area contributed by atoms with Crippen molar-refractivity contribution in [3.05, 3.63) is 56.5 Å². The summed E-state index contributed by atoms with van der Waals surface area (Å²) >= 11 is 1.13. The Kier molecular flexibility index (Phi) is 5.35. The molecule has 11 heteroatoms. The summed E-state index contributed by atoms with van der Waals surface area (Å²) in [6.07, 6.45) is -4.42. The normalized spacial score (nSPS) is 12.9. The highest BCUT2D eigenvalue weighted by Crippen LogP contribution is 2.32. The van der Waals surface area contributed by atoms with Crippen molar-refractivity contribution in [3.8, 4) is 5.69 Å². The van der Waals surface area contributed by atoms with Crippen molar-refractivity contribution >= 4 is 27.6 Å². The first-order chi connectivity index (χ1) is 13.6. The van der Waals surface area contributed by atoms with Gasteiger partial charge in [-0.1, -0.05) is 6.92 Å². The van der Waals surface area contributed by atoms with Gasteiger partial charge in [-0.3, -0.25) is 14.2 Å². The molecule has 0 spiro atoms. The van der Waals surface area contributed by atoms with Crippen LogP contribution < -0.4 is 11.2 Å². The van der Waals surface area contributed by atoms with Crippen LogP contribution in [0.5, 0.6) is 0 Å². The van der Waals surface area contributed by atoms with E-state index in [1.165, 1.54) is 19.2 Å². The van der Waals surface area contributed by atoms with Crippen LogP contribution in [0.1, 0.15) is 30.7 Å². The molecule has 7 nitrogen and oxygen atoms in total. The molecule has 1 aromatic carbocycles. The second-order valence-electron chi connectivity index (χ2n) is 6.27. The van der Waals surface area contributed by atoms with Gasteiger partial charge in [0.25, 0.3) is 5.56 Å². The molecule has 3 aromatic rings. The van der Waals surface area contributed by atoms with Crippen LogP contribution in [-0.2, 0) is 22.8 Å². The monoisotopic (exact) mass is 427 g/mol. The summed E-state index contributed by atoms with van der Waals surface area (Å²) < 4.78 is 49.9. The van der Waals surface area contributed by atoms with Crippen LogP contribution in [0.4, 0.5) is 13.2 Å². The number of hydrogen-bond donors (Lipinski definition) is 0. The molecule has 1 atom stereocenters. The minimum atomic E-state index is -4.84. The van der Waals surface area contributed by atoms with Crippen LogP contribution in [0.3, 0.4) is 0 Å². The largest absolute Gasteiger partial charge is 0.469 e. The maximum atomic E-state index is 13.0. The first kappa shape index (κ1) is 20.8. The molecular formula is C18H16F3N3O4S. The number of alkyl halides is 3. The molecule has 2 aromatic heterocycles. The molecule has 0 N–H and O–H groups in total. The highest BCUT2D eigenvalue weighted by molar-refractivity contribution is 7.13. The first-order valence-corrected chi connectivity index (χ1v) is 9.25. The fourth-order valence-corrected chi connectivity index (χ4v) is 3.90. The van der Waals surface area contributed by atoms with E-state index in [4.69, 9.17) is 4.74 Å². The van der Waals surface area contributed by atoms with E-state index in [-0.39, 0.29) is 5.69 Å². The van der Waals surface area contributed by atoms with Crippen LogP contribution in [0.15, 0.2) is 33.9 Å². The summed E-state index contributed by atoms with van der Waals surface area (Å²) in [5.41, 5.74) is -3.06. The molecular weight excluding hydrogens is 411 g/mol. The van der Waals surface area contributed by atoms with Gasteiger partial charge >= 0.3 is 17.8 Å². The van der Waals surface area contributed by atoms with E-state index in [1.54, 1.807) is 13.0 Å². The quantitative estimate of drug-likeness (QED) is 0.598. The SMILES string of the molecule is CCC(C(=O)OC)c1nsc2ccc(-n3c(=O)cc(C(F)(F)F)n(C)c3=O)cc12. The van der Waals surface area contributed by atoms with Gasteiger partial charge in [0.15, 0.2) is 0 Å². The minimum Gasteiger partial charge on any atom is -0.469 e. The van der Waals surface area contributed by atoms with E-state index < -0.39 is 35.0 Å². The van der Waals surface area contributed by atoms with Crippen molar-refractivity contribution in [2.75, 3.05) is 7.11 Å². The van der Waals surface area contributed by atoms with Gasteiger partial charge in [-0.15, -0.1) is 0 Å². The molecule has 0 aliphatic heterocycles. The van der Waals surface area contributed by atoms with Gasteiger partial charge in [0, 0.05) is 18.5 Å². The molecule has 0 aliphatic carbocycles. The number of rotatable bonds is 4. The second kappa shape index (κ2) is 7.47. The van der Waals surface area contributed by atoms with Gasteiger partial charge in [0.1, 0.15) is 11.6 Å². The number of carbonyl (C=O) groups is 1. The summed E-state index contributed by atoms with van der Waals surface area (Å²) in [6.45, 7) is 1.78. The summed E-state index contributed by atoms with van der Waals surface area (Å²) in [4.78, 5) is 36.9. The molecule has 0 amide bonds. The number of benzene rings is 1. The molecule has 0 saturated heterocycles. The molecule has 0 bridgehead atoms. The van der Waals surface area contributed by atoms with E-state index in [0.717, 1.165) is 18.6 Å². The Labute approximate surface area is 166 Å². The van der Waals surface area contributed by atoms with Crippen molar-refractivity contribution in [2.45, 2.75) is 25.4 Å². The van der Waals surface area contributed by atoms with Gasteiger partial charge in [-0.25, -0.2) is 9.36 Å². The summed E-state index contributed by atoms with van der Waals surface area (Å²) in [6, 6.07) is 4.89. The van der Waals surface area contributed by atoms with Crippen LogP contribution in [-0.4, -0.2) is 26.6 Å². The number of aromatic nitrogens is 3. The number of ether oxygens (including phenoxy) is 1. The molecule has 3 rings (SSSR count). The lowest BCUT2D eigenvalue weighted by molar-refractivity contribution is -0.144. The van der Waals surface area contributed by atoms with Crippen molar-refractivity contribution in [2.24, 2.45) is 7.05 Å². The number of fused-ring (bicyclic) bond motifs is 1. The number of halogens is 3. The third kappa shape index (κ3) is 3.57. The Morgan fingerprint density at radius 3 is 2.55 bits per heavy atom. The molecule has 1 unspecified atom stereocenters. The lowest BCUT2D eigenvalue weighted by Gasteiger charge is -2.14. The van der Waals surface area contributed by atoms with Crippen LogP contribution in [0.25, 0.3) is 15.8 Å². The van der Waals surface area contributed by atoms with Crippen LogP contribution in [0, 0.1) is 0 Å². The van der Waals surface area contributed by atoms with Crippen molar-refractivity contribution in [1.29, 1.82) is 0 Å². The molecule has 0 saturated carbocycles. The third-order valence-corrected chi connectivity index (χ3v) is 5.41. The lowest BCUT2D eigenvalue weighted by atomic mass is 9.99. The zero-order valence-electron chi connectivity index (χ0n) is 15.6. The predicted octanol–water partition coefficient (Wildman–Crippen LogP) is 2.83. The van der Waals surface area contributed by atoms with Crippen molar-refractivity contribution < 1.29 is 22.7 Å². The minimum absolute atomic E-state index is 0.0815. The van der Waals surface area contributed by atoms with Crippen LogP contribution in [0.2, 0.25) is 0 Å². The zero-order chi connectivity index (χ0) is 21.5. The lowest BCUT2D eigenvalue weighted by Crippen LogP contribution is -2.40. The Balaban J connectivity index is 2.24. The molecule has 29 heavy (non-hydrogen) atoms. The first-order valence-electron chi connectivity index (χ1n) is 8.48. The molecule has 2 heterocycles. The molecule has 0 fully saturated rings. The standard InChI is InChI=1S/C18H16F3N3O4S/c1-4-10(16(26)28-3)15-11-7-9(5-6-12(11)29-22-15)24-14(25)8-13(18(19,20)21)23(2)17(24)27/h5-8,10H,4H2,1-3H3. The molecule has 154 valence electrons. The Morgan fingerprint density at radius 1 is 1.28 bits per heavy atom. The number of nitrogens with zero attached hydrogens (tertiary/aromatic N) is 3. The fourth-order valence-electron chi connectivity index (χ4n) is 3.08. The maximum Gasteiger partial charge on any atom is 0.431 e. The topological polar surface area (TPSA) is 83.2 Å². The average Bonchev–Trinajstić information content (AvgIpc) is 3.07. The maximum absolute atomic E-state index is 13.0. The Bertz CT molecular complexity index is 1210. The number of hydrogen-bond acceptors (Lipinski definition) is 6. The zero-order valence-corrected chi connectivity index (χ0v) is 16.4. The third-order valence-electron chi connectivity index (χ3n) is 4.57. The van der Waals surface area contributed by atoms with Gasteiger partial charge in [-0.2, -0.15) is 17.5 Å². The summed E-state index contributed by atoms with van der Waals surface area (Å²) in [7, 11) is 2.21. The average molecular weight is 427 g/mol. The highest BCUT2D eigenvalue weighted by atomic mass is 32.1. The number of methoxy groups -OCH3 is 1. The van der Waals surface area contributed by atoms with E-state index in [1.807, 2.05) is 0 Å². The van der Waals surface area contributed by atoms with E-state index in [9.17, 15) is 27.6 Å². The van der Waals surface area contributed by atoms with E-state index in [2.05, 4.69) is 4.37 Å². The Morgan fingerprint density at radius 2 is 1.97 bits per heavy atom.